The predicted octanol–water partition coefficient (Wildman–Crippen LogP) is 5.82. The number of methoxy groups -OCH3 is 1. The van der Waals surface area contributed by atoms with Crippen molar-refractivity contribution in [2.24, 2.45) is 5.92 Å². The van der Waals surface area contributed by atoms with Gasteiger partial charge in [0.25, 0.3) is 5.91 Å². The van der Waals surface area contributed by atoms with Crippen molar-refractivity contribution in [1.82, 2.24) is 0 Å². The molecule has 140 valence electrons. The number of benzene rings is 1. The predicted molar refractivity (Wildman–Crippen MR) is 110 cm³/mol. The lowest BCUT2D eigenvalue weighted by atomic mass is 9.86. The molecule has 3 nitrogen and oxygen atoms in total. The van der Waals surface area contributed by atoms with Crippen LogP contribution in [0.2, 0.25) is 0 Å². The zero-order valence-corrected chi connectivity index (χ0v) is 17.3. The summed E-state index contributed by atoms with van der Waals surface area (Å²) in [5.74, 6) is 1.41. The second kappa shape index (κ2) is 7.43. The van der Waals surface area contributed by atoms with Crippen molar-refractivity contribution in [1.29, 1.82) is 0 Å². The standard InChI is InChI=1S/C22H29NO2S/c1-6-14-7-10-19-15(11-14)12-20(26-19)21(24)23-17-13-16(22(2,3)4)8-9-18(17)25-5/h8-9,12-14H,6-7,10-11H2,1-5H3,(H,23,24)/t14-/m1/s1. The molecule has 2 aromatic rings. The molecule has 1 N–H and O–H groups in total. The van der Waals surface area contributed by atoms with Gasteiger partial charge in [0, 0.05) is 4.88 Å². The van der Waals surface area contributed by atoms with Crippen LogP contribution in [0, 0.1) is 5.92 Å². The number of anilines is 1. The molecule has 0 radical (unpaired) electrons. The first-order valence-corrected chi connectivity index (χ1v) is 10.2. The molecule has 4 heteroatoms. The number of fused-ring (bicyclic) bond motifs is 1. The second-order valence-electron chi connectivity index (χ2n) is 8.20. The third-order valence-corrected chi connectivity index (χ3v) is 6.54. The average molecular weight is 372 g/mol. The fourth-order valence-electron chi connectivity index (χ4n) is 3.52. The minimum Gasteiger partial charge on any atom is -0.495 e. The van der Waals surface area contributed by atoms with Crippen LogP contribution in [-0.2, 0) is 18.3 Å². The molecule has 1 amide bonds. The van der Waals surface area contributed by atoms with Crippen LogP contribution in [0.4, 0.5) is 5.69 Å². The van der Waals surface area contributed by atoms with Gasteiger partial charge in [-0.1, -0.05) is 40.2 Å². The maximum Gasteiger partial charge on any atom is 0.265 e. The molecule has 1 aliphatic rings. The summed E-state index contributed by atoms with van der Waals surface area (Å²) in [6.45, 7) is 8.75. The van der Waals surface area contributed by atoms with E-state index in [-0.39, 0.29) is 11.3 Å². The van der Waals surface area contributed by atoms with E-state index in [4.69, 9.17) is 4.74 Å². The summed E-state index contributed by atoms with van der Waals surface area (Å²) in [4.78, 5) is 15.0. The van der Waals surface area contributed by atoms with E-state index in [1.807, 2.05) is 12.1 Å². The van der Waals surface area contributed by atoms with E-state index in [9.17, 15) is 4.79 Å². The summed E-state index contributed by atoms with van der Waals surface area (Å²) in [7, 11) is 1.64. The van der Waals surface area contributed by atoms with Crippen LogP contribution < -0.4 is 10.1 Å². The quantitative estimate of drug-likeness (QED) is 0.735. The van der Waals surface area contributed by atoms with Gasteiger partial charge >= 0.3 is 0 Å². The first-order chi connectivity index (χ1) is 12.3. The monoisotopic (exact) mass is 371 g/mol. The summed E-state index contributed by atoms with van der Waals surface area (Å²) in [6.07, 6.45) is 4.67. The minimum atomic E-state index is -0.0400. The topological polar surface area (TPSA) is 38.3 Å². The Kier molecular flexibility index (Phi) is 5.42. The number of carbonyl (C=O) groups excluding carboxylic acids is 1. The molecule has 0 unspecified atom stereocenters. The maximum atomic E-state index is 12.9. The van der Waals surface area contributed by atoms with Gasteiger partial charge in [0.2, 0.25) is 0 Å². The molecule has 1 heterocycles. The van der Waals surface area contributed by atoms with Gasteiger partial charge in [0.15, 0.2) is 0 Å². The van der Waals surface area contributed by atoms with Crippen LogP contribution in [0.1, 0.15) is 66.2 Å². The van der Waals surface area contributed by atoms with E-state index >= 15 is 0 Å². The van der Waals surface area contributed by atoms with Crippen LogP contribution in [-0.4, -0.2) is 13.0 Å². The van der Waals surface area contributed by atoms with Crippen LogP contribution in [0.3, 0.4) is 0 Å². The number of carbonyl (C=O) groups is 1. The number of thiophene rings is 1. The van der Waals surface area contributed by atoms with Gasteiger partial charge in [-0.2, -0.15) is 0 Å². The van der Waals surface area contributed by atoms with Crippen molar-refractivity contribution in [3.63, 3.8) is 0 Å². The van der Waals surface area contributed by atoms with E-state index in [0.29, 0.717) is 5.75 Å². The van der Waals surface area contributed by atoms with Crippen molar-refractivity contribution >= 4 is 22.9 Å². The Morgan fingerprint density at radius 1 is 1.31 bits per heavy atom. The normalized spacial score (nSPS) is 16.9. The highest BCUT2D eigenvalue weighted by molar-refractivity contribution is 7.14. The van der Waals surface area contributed by atoms with Gasteiger partial charge < -0.3 is 10.1 Å². The number of aryl methyl sites for hydroxylation is 1. The summed E-state index contributed by atoms with van der Waals surface area (Å²) >= 11 is 1.65. The third kappa shape index (κ3) is 3.96. The Morgan fingerprint density at radius 3 is 2.73 bits per heavy atom. The molecule has 0 saturated heterocycles. The van der Waals surface area contributed by atoms with Gasteiger partial charge in [0.05, 0.1) is 17.7 Å². The minimum absolute atomic E-state index is 0.0168. The Labute approximate surface area is 160 Å². The van der Waals surface area contributed by atoms with E-state index in [0.717, 1.165) is 29.3 Å². The molecular formula is C22H29NO2S. The summed E-state index contributed by atoms with van der Waals surface area (Å²) in [5, 5.41) is 3.07. The van der Waals surface area contributed by atoms with E-state index in [1.54, 1.807) is 18.4 Å². The van der Waals surface area contributed by atoms with E-state index < -0.39 is 0 Å². The number of ether oxygens (including phenoxy) is 1. The van der Waals surface area contributed by atoms with Crippen molar-refractivity contribution in [2.75, 3.05) is 12.4 Å². The first-order valence-electron chi connectivity index (χ1n) is 9.43. The molecule has 1 aliphatic carbocycles. The number of hydrogen-bond acceptors (Lipinski definition) is 3. The number of rotatable bonds is 4. The van der Waals surface area contributed by atoms with E-state index in [2.05, 4.69) is 45.1 Å². The number of hydrogen-bond donors (Lipinski definition) is 1. The van der Waals surface area contributed by atoms with Crippen molar-refractivity contribution in [3.05, 3.63) is 45.1 Å². The smallest absolute Gasteiger partial charge is 0.265 e. The maximum absolute atomic E-state index is 12.9. The lowest BCUT2D eigenvalue weighted by Crippen LogP contribution is -2.15. The lowest BCUT2D eigenvalue weighted by Gasteiger charge is -2.21. The highest BCUT2D eigenvalue weighted by Crippen LogP contribution is 2.35. The lowest BCUT2D eigenvalue weighted by molar-refractivity contribution is 0.103. The molecule has 26 heavy (non-hydrogen) atoms. The van der Waals surface area contributed by atoms with Gasteiger partial charge in [-0.3, -0.25) is 4.79 Å². The van der Waals surface area contributed by atoms with Gasteiger partial charge in [-0.15, -0.1) is 11.3 Å². The Hall–Kier alpha value is -1.81. The molecule has 0 bridgehead atoms. The van der Waals surface area contributed by atoms with Crippen molar-refractivity contribution in [2.45, 2.75) is 58.8 Å². The summed E-state index contributed by atoms with van der Waals surface area (Å²) < 4.78 is 5.45. The molecule has 1 aromatic heterocycles. The van der Waals surface area contributed by atoms with E-state index in [1.165, 1.54) is 28.8 Å². The summed E-state index contributed by atoms with van der Waals surface area (Å²) in [5.41, 5.74) is 3.30. The molecule has 0 aliphatic heterocycles. The molecule has 0 fully saturated rings. The number of amides is 1. The summed E-state index contributed by atoms with van der Waals surface area (Å²) in [6, 6.07) is 8.11. The largest absolute Gasteiger partial charge is 0.495 e. The Balaban J connectivity index is 1.83. The fraction of sp³-hybridized carbons (Fsp3) is 0.500. The average Bonchev–Trinajstić information content (AvgIpc) is 3.04. The third-order valence-electron chi connectivity index (χ3n) is 5.30. The first kappa shape index (κ1) is 19.0. The highest BCUT2D eigenvalue weighted by Gasteiger charge is 2.23. The molecular weight excluding hydrogens is 342 g/mol. The molecule has 1 aromatic carbocycles. The molecule has 0 spiro atoms. The molecule has 0 saturated carbocycles. The Morgan fingerprint density at radius 2 is 2.08 bits per heavy atom. The van der Waals surface area contributed by atoms with Crippen LogP contribution in [0.25, 0.3) is 0 Å². The van der Waals surface area contributed by atoms with Crippen molar-refractivity contribution < 1.29 is 9.53 Å². The SMILES string of the molecule is CC[C@@H]1CCc2sc(C(=O)Nc3cc(C(C)(C)C)ccc3OC)cc2C1. The van der Waals surface area contributed by atoms with Gasteiger partial charge in [-0.25, -0.2) is 0 Å². The van der Waals surface area contributed by atoms with Crippen LogP contribution in [0.15, 0.2) is 24.3 Å². The highest BCUT2D eigenvalue weighted by atomic mass is 32.1. The Bertz CT molecular complexity index is 801. The van der Waals surface area contributed by atoms with Gasteiger partial charge in [-0.05, 0) is 59.9 Å². The van der Waals surface area contributed by atoms with Crippen LogP contribution >= 0.6 is 11.3 Å². The molecule has 3 rings (SSSR count). The fourth-order valence-corrected chi connectivity index (χ4v) is 4.62. The zero-order chi connectivity index (χ0) is 18.9. The number of nitrogens with one attached hydrogen (secondary N) is 1. The zero-order valence-electron chi connectivity index (χ0n) is 16.4. The second-order valence-corrected chi connectivity index (χ2v) is 9.33. The van der Waals surface area contributed by atoms with Crippen molar-refractivity contribution in [3.8, 4) is 5.75 Å². The molecule has 1 atom stereocenters. The van der Waals surface area contributed by atoms with Crippen LogP contribution in [0.5, 0.6) is 5.75 Å². The van der Waals surface area contributed by atoms with Gasteiger partial charge in [0.1, 0.15) is 5.75 Å².